The standard InChI is InChI=1S/C23H22ClN3O2S/c1-3-14-4-8-16(9-5-14)18-12-19(28)25-21-20(18)22(29)26-23(27(21)2)30-13-15-6-10-17(24)11-7-15/h4-11,18H,3,12-13H2,1-2H3,(H,25,28). The van der Waals surface area contributed by atoms with Crippen LogP contribution in [0, 0.1) is 0 Å². The molecule has 1 atom stereocenters. The van der Waals surface area contributed by atoms with E-state index in [2.05, 4.69) is 29.4 Å². The lowest BCUT2D eigenvalue weighted by Crippen LogP contribution is -2.33. The van der Waals surface area contributed by atoms with E-state index in [1.54, 1.807) is 0 Å². The molecule has 5 nitrogen and oxygen atoms in total. The van der Waals surface area contributed by atoms with Gasteiger partial charge in [0.05, 0.1) is 5.56 Å². The fourth-order valence-electron chi connectivity index (χ4n) is 3.66. The number of benzene rings is 2. The van der Waals surface area contributed by atoms with Crippen LogP contribution in [-0.2, 0) is 24.0 Å². The first kappa shape index (κ1) is 20.7. The molecule has 0 saturated heterocycles. The zero-order valence-corrected chi connectivity index (χ0v) is 18.4. The molecule has 0 bridgehead atoms. The quantitative estimate of drug-likeness (QED) is 0.459. The summed E-state index contributed by atoms with van der Waals surface area (Å²) < 4.78 is 1.81. The molecule has 1 aromatic heterocycles. The molecule has 0 fully saturated rings. The van der Waals surface area contributed by atoms with E-state index >= 15 is 0 Å². The maximum Gasteiger partial charge on any atom is 0.279 e. The smallest absolute Gasteiger partial charge is 0.279 e. The zero-order chi connectivity index (χ0) is 21.3. The Kier molecular flexibility index (Phi) is 5.97. The van der Waals surface area contributed by atoms with Gasteiger partial charge in [0.15, 0.2) is 5.16 Å². The van der Waals surface area contributed by atoms with Crippen LogP contribution in [0.1, 0.15) is 41.5 Å². The zero-order valence-electron chi connectivity index (χ0n) is 16.8. The number of carbonyl (C=O) groups is 1. The molecule has 154 valence electrons. The van der Waals surface area contributed by atoms with Crippen LogP contribution in [0.15, 0.2) is 58.5 Å². The van der Waals surface area contributed by atoms with E-state index in [1.165, 1.54) is 17.3 Å². The average Bonchev–Trinajstić information content (AvgIpc) is 2.75. The summed E-state index contributed by atoms with van der Waals surface area (Å²) in [5.74, 6) is 0.795. The number of anilines is 1. The normalized spacial score (nSPS) is 15.6. The second-order valence-electron chi connectivity index (χ2n) is 7.34. The van der Waals surface area contributed by atoms with Crippen LogP contribution in [0.5, 0.6) is 0 Å². The molecule has 2 heterocycles. The van der Waals surface area contributed by atoms with E-state index in [9.17, 15) is 9.59 Å². The first-order chi connectivity index (χ1) is 14.5. The maximum absolute atomic E-state index is 13.0. The van der Waals surface area contributed by atoms with Gasteiger partial charge in [0, 0.05) is 30.2 Å². The minimum atomic E-state index is -0.291. The fourth-order valence-corrected chi connectivity index (χ4v) is 4.71. The van der Waals surface area contributed by atoms with Crippen LogP contribution in [0.4, 0.5) is 5.82 Å². The molecule has 1 aliphatic heterocycles. The number of hydrogen-bond acceptors (Lipinski definition) is 4. The summed E-state index contributed by atoms with van der Waals surface area (Å²) in [4.78, 5) is 29.8. The first-order valence-electron chi connectivity index (χ1n) is 9.83. The molecular formula is C23H22ClN3O2S. The van der Waals surface area contributed by atoms with Crippen LogP contribution in [0.25, 0.3) is 0 Å². The van der Waals surface area contributed by atoms with Crippen molar-refractivity contribution in [3.63, 3.8) is 0 Å². The molecule has 0 radical (unpaired) electrons. The number of nitrogens with zero attached hydrogens (tertiary/aromatic N) is 2. The Morgan fingerprint density at radius 1 is 1.10 bits per heavy atom. The predicted octanol–water partition coefficient (Wildman–Crippen LogP) is 4.76. The van der Waals surface area contributed by atoms with Gasteiger partial charge < -0.3 is 9.88 Å². The lowest BCUT2D eigenvalue weighted by molar-refractivity contribution is -0.116. The summed E-state index contributed by atoms with van der Waals surface area (Å²) in [6.07, 6.45) is 1.19. The molecule has 7 heteroatoms. The Balaban J connectivity index is 1.68. The van der Waals surface area contributed by atoms with Gasteiger partial charge in [-0.15, -0.1) is 0 Å². The van der Waals surface area contributed by atoms with Crippen molar-refractivity contribution in [1.29, 1.82) is 0 Å². The number of hydrogen-bond donors (Lipinski definition) is 1. The number of nitrogens with one attached hydrogen (secondary N) is 1. The molecule has 0 spiro atoms. The van der Waals surface area contributed by atoms with Gasteiger partial charge in [0.2, 0.25) is 5.91 Å². The third-order valence-electron chi connectivity index (χ3n) is 5.37. The predicted molar refractivity (Wildman–Crippen MR) is 121 cm³/mol. The Morgan fingerprint density at radius 3 is 2.43 bits per heavy atom. The van der Waals surface area contributed by atoms with Gasteiger partial charge in [0.25, 0.3) is 5.56 Å². The van der Waals surface area contributed by atoms with E-state index in [-0.39, 0.29) is 23.8 Å². The summed E-state index contributed by atoms with van der Waals surface area (Å²) in [5, 5.41) is 4.14. The molecule has 1 aliphatic rings. The van der Waals surface area contributed by atoms with Gasteiger partial charge in [-0.3, -0.25) is 9.59 Å². The Bertz CT molecular complexity index is 1140. The van der Waals surface area contributed by atoms with E-state index in [0.29, 0.717) is 27.3 Å². The van der Waals surface area contributed by atoms with Crippen molar-refractivity contribution in [2.45, 2.75) is 36.6 Å². The minimum absolute atomic E-state index is 0.0954. The number of fused-ring (bicyclic) bond motifs is 1. The molecule has 0 saturated carbocycles. The number of aryl methyl sites for hydroxylation is 1. The van der Waals surface area contributed by atoms with E-state index in [1.807, 2.05) is 48.0 Å². The van der Waals surface area contributed by atoms with Gasteiger partial charge in [-0.25, -0.2) is 0 Å². The third kappa shape index (κ3) is 4.16. The highest BCUT2D eigenvalue weighted by atomic mass is 35.5. The molecule has 1 N–H and O–H groups in total. The summed E-state index contributed by atoms with van der Waals surface area (Å²) in [7, 11) is 1.83. The van der Waals surface area contributed by atoms with Gasteiger partial charge >= 0.3 is 0 Å². The summed E-state index contributed by atoms with van der Waals surface area (Å²) in [6, 6.07) is 15.7. The first-order valence-corrected chi connectivity index (χ1v) is 11.2. The van der Waals surface area contributed by atoms with Crippen molar-refractivity contribution in [3.8, 4) is 0 Å². The Morgan fingerprint density at radius 2 is 1.77 bits per heavy atom. The van der Waals surface area contributed by atoms with Crippen LogP contribution >= 0.6 is 23.4 Å². The van der Waals surface area contributed by atoms with Crippen molar-refractivity contribution in [1.82, 2.24) is 9.55 Å². The molecule has 30 heavy (non-hydrogen) atoms. The third-order valence-corrected chi connectivity index (χ3v) is 6.73. The highest BCUT2D eigenvalue weighted by molar-refractivity contribution is 7.98. The topological polar surface area (TPSA) is 64.0 Å². The van der Waals surface area contributed by atoms with Crippen LogP contribution < -0.4 is 10.9 Å². The molecule has 3 aromatic rings. The maximum atomic E-state index is 13.0. The van der Waals surface area contributed by atoms with Crippen molar-refractivity contribution < 1.29 is 4.79 Å². The van der Waals surface area contributed by atoms with Gasteiger partial charge in [0.1, 0.15) is 5.82 Å². The van der Waals surface area contributed by atoms with Gasteiger partial charge in [-0.05, 0) is 35.2 Å². The highest BCUT2D eigenvalue weighted by Gasteiger charge is 2.32. The Labute approximate surface area is 184 Å². The molecule has 4 rings (SSSR count). The van der Waals surface area contributed by atoms with Crippen LogP contribution in [-0.4, -0.2) is 15.5 Å². The summed E-state index contributed by atoms with van der Waals surface area (Å²) in [5.41, 5.74) is 3.53. The SMILES string of the molecule is CCc1ccc(C2CC(=O)Nc3c2c(=O)nc(SCc2ccc(Cl)cc2)n3C)cc1. The van der Waals surface area contributed by atoms with Gasteiger partial charge in [-0.2, -0.15) is 4.98 Å². The average molecular weight is 440 g/mol. The van der Waals surface area contributed by atoms with Gasteiger partial charge in [-0.1, -0.05) is 66.7 Å². The highest BCUT2D eigenvalue weighted by Crippen LogP contribution is 2.36. The second-order valence-corrected chi connectivity index (χ2v) is 8.71. The van der Waals surface area contributed by atoms with E-state index in [0.717, 1.165) is 17.5 Å². The van der Waals surface area contributed by atoms with E-state index in [4.69, 9.17) is 11.6 Å². The summed E-state index contributed by atoms with van der Waals surface area (Å²) >= 11 is 7.40. The second kappa shape index (κ2) is 8.66. The Hall–Kier alpha value is -2.57. The number of aromatic nitrogens is 2. The summed E-state index contributed by atoms with van der Waals surface area (Å²) in [6.45, 7) is 2.10. The minimum Gasteiger partial charge on any atom is -0.312 e. The number of amides is 1. The lowest BCUT2D eigenvalue weighted by Gasteiger charge is -2.27. The molecule has 2 aromatic carbocycles. The van der Waals surface area contributed by atoms with Crippen molar-refractivity contribution in [2.75, 3.05) is 5.32 Å². The van der Waals surface area contributed by atoms with Crippen LogP contribution in [0.2, 0.25) is 5.02 Å². The molecule has 1 unspecified atom stereocenters. The monoisotopic (exact) mass is 439 g/mol. The number of halogens is 1. The van der Waals surface area contributed by atoms with Crippen molar-refractivity contribution in [3.05, 3.63) is 86.2 Å². The molecule has 1 amide bonds. The largest absolute Gasteiger partial charge is 0.312 e. The number of carbonyl (C=O) groups excluding carboxylic acids is 1. The van der Waals surface area contributed by atoms with E-state index < -0.39 is 0 Å². The molecule has 0 aliphatic carbocycles. The lowest BCUT2D eigenvalue weighted by atomic mass is 9.86. The fraction of sp³-hybridized carbons (Fsp3) is 0.261. The van der Waals surface area contributed by atoms with Crippen LogP contribution in [0.3, 0.4) is 0 Å². The number of rotatable bonds is 5. The number of thioether (sulfide) groups is 1. The molecular weight excluding hydrogens is 418 g/mol. The van der Waals surface area contributed by atoms with Crippen molar-refractivity contribution >= 4 is 35.1 Å². The van der Waals surface area contributed by atoms with Crippen molar-refractivity contribution in [2.24, 2.45) is 7.05 Å².